The number of amides is 1. The maximum atomic E-state index is 14.3. The smallest absolute Gasteiger partial charge is 0.260 e. The third kappa shape index (κ3) is 2.85. The molecule has 2 heterocycles. The second-order valence-electron chi connectivity index (χ2n) is 8.42. The third-order valence-corrected chi connectivity index (χ3v) is 7.11. The van der Waals surface area contributed by atoms with Gasteiger partial charge in [0.1, 0.15) is 5.82 Å². The van der Waals surface area contributed by atoms with Gasteiger partial charge in [0, 0.05) is 17.1 Å². The molecule has 1 N–H and O–H groups in total. The van der Waals surface area contributed by atoms with Gasteiger partial charge in [0.2, 0.25) is 0 Å². The van der Waals surface area contributed by atoms with Gasteiger partial charge in [-0.15, -0.1) is 0 Å². The Balaban J connectivity index is 1.66. The molecule has 0 radical (unpaired) electrons. The number of nitrogens with one attached hydrogen (secondary N) is 1. The van der Waals surface area contributed by atoms with Crippen LogP contribution >= 0.6 is 11.6 Å². The zero-order valence-electron chi connectivity index (χ0n) is 15.8. The summed E-state index contributed by atoms with van der Waals surface area (Å²) in [6.45, 7) is 1.79. The van der Waals surface area contributed by atoms with Crippen LogP contribution in [0, 0.1) is 11.7 Å². The van der Waals surface area contributed by atoms with Gasteiger partial charge in [-0.1, -0.05) is 36.6 Å². The van der Waals surface area contributed by atoms with E-state index in [0.717, 1.165) is 43.6 Å². The lowest BCUT2D eigenvalue weighted by atomic mass is 9.68. The molecule has 0 unspecified atom stereocenters. The van der Waals surface area contributed by atoms with Crippen LogP contribution < -0.4 is 10.2 Å². The van der Waals surface area contributed by atoms with E-state index in [1.807, 2.05) is 17.0 Å². The normalized spacial score (nSPS) is 23.1. The fraction of sp³-hybridized carbons (Fsp3) is 0.435. The van der Waals surface area contributed by atoms with Crippen LogP contribution in [0.2, 0.25) is 5.02 Å². The van der Waals surface area contributed by atoms with Gasteiger partial charge < -0.3 is 10.2 Å². The predicted molar refractivity (Wildman–Crippen MR) is 110 cm³/mol. The Labute approximate surface area is 169 Å². The van der Waals surface area contributed by atoms with Crippen molar-refractivity contribution in [1.82, 2.24) is 5.32 Å². The molecule has 2 aromatic rings. The van der Waals surface area contributed by atoms with Crippen molar-refractivity contribution in [3.63, 3.8) is 0 Å². The molecule has 146 valence electrons. The molecule has 1 amide bonds. The largest absolute Gasteiger partial charge is 0.317 e. The van der Waals surface area contributed by atoms with Crippen molar-refractivity contribution in [3.05, 3.63) is 64.4 Å². The number of hydrogen-bond acceptors (Lipinski definition) is 2. The molecule has 5 heteroatoms. The van der Waals surface area contributed by atoms with Gasteiger partial charge in [-0.2, -0.15) is 0 Å². The molecule has 0 bridgehead atoms. The third-order valence-electron chi connectivity index (χ3n) is 6.78. The van der Waals surface area contributed by atoms with E-state index >= 15 is 0 Å². The lowest BCUT2D eigenvalue weighted by molar-refractivity contribution is 0.0960. The van der Waals surface area contributed by atoms with E-state index in [1.54, 1.807) is 24.3 Å². The molecule has 1 aliphatic carbocycles. The second kappa shape index (κ2) is 6.85. The Morgan fingerprint density at radius 3 is 2.64 bits per heavy atom. The van der Waals surface area contributed by atoms with Crippen LogP contribution in [-0.4, -0.2) is 25.0 Å². The number of rotatable bonds is 3. The van der Waals surface area contributed by atoms with Crippen molar-refractivity contribution in [3.8, 4) is 0 Å². The Hall–Kier alpha value is -1.91. The first-order chi connectivity index (χ1) is 13.6. The average molecular weight is 399 g/mol. The minimum absolute atomic E-state index is 0.0580. The van der Waals surface area contributed by atoms with Gasteiger partial charge >= 0.3 is 0 Å². The molecular weight excluding hydrogens is 375 g/mol. The highest BCUT2D eigenvalue weighted by Crippen LogP contribution is 2.54. The summed E-state index contributed by atoms with van der Waals surface area (Å²) in [4.78, 5) is 15.6. The maximum Gasteiger partial charge on any atom is 0.260 e. The molecule has 28 heavy (non-hydrogen) atoms. The van der Waals surface area contributed by atoms with E-state index in [0.29, 0.717) is 16.5 Å². The lowest BCUT2D eigenvalue weighted by Gasteiger charge is -2.42. The van der Waals surface area contributed by atoms with E-state index in [9.17, 15) is 9.18 Å². The number of hydrogen-bond donors (Lipinski definition) is 1. The van der Waals surface area contributed by atoms with Crippen LogP contribution in [0.3, 0.4) is 0 Å². The Bertz CT molecular complexity index is 921. The van der Waals surface area contributed by atoms with Gasteiger partial charge in [0.25, 0.3) is 5.91 Å². The highest BCUT2D eigenvalue weighted by atomic mass is 35.5. The van der Waals surface area contributed by atoms with Gasteiger partial charge in [-0.3, -0.25) is 4.79 Å². The number of anilines is 1. The van der Waals surface area contributed by atoms with Crippen LogP contribution in [0.15, 0.2) is 42.5 Å². The van der Waals surface area contributed by atoms with Crippen LogP contribution in [0.4, 0.5) is 10.1 Å². The molecule has 2 aromatic carbocycles. The summed E-state index contributed by atoms with van der Waals surface area (Å²) >= 11 is 6.38. The number of halogens is 2. The van der Waals surface area contributed by atoms with Crippen molar-refractivity contribution < 1.29 is 9.18 Å². The van der Waals surface area contributed by atoms with E-state index in [2.05, 4.69) is 5.32 Å². The topological polar surface area (TPSA) is 32.3 Å². The molecule has 0 aromatic heterocycles. The molecule has 1 spiro atoms. The van der Waals surface area contributed by atoms with Crippen molar-refractivity contribution >= 4 is 23.2 Å². The van der Waals surface area contributed by atoms with Crippen molar-refractivity contribution in [2.24, 2.45) is 5.92 Å². The van der Waals surface area contributed by atoms with E-state index in [-0.39, 0.29) is 23.2 Å². The zero-order valence-corrected chi connectivity index (χ0v) is 16.5. The van der Waals surface area contributed by atoms with Crippen LogP contribution in [0.25, 0.3) is 0 Å². The van der Waals surface area contributed by atoms with Crippen LogP contribution in [0.1, 0.15) is 48.0 Å². The minimum Gasteiger partial charge on any atom is -0.317 e. The molecule has 3 aliphatic rings. The van der Waals surface area contributed by atoms with Crippen molar-refractivity contribution in [2.75, 3.05) is 18.0 Å². The summed E-state index contributed by atoms with van der Waals surface area (Å²) in [5, 5.41) is 3.90. The minimum atomic E-state index is -0.228. The first-order valence-electron chi connectivity index (χ1n) is 10.2. The monoisotopic (exact) mass is 398 g/mol. The SMILES string of the molecule is O=C(c1ccccc1Cl)N1c2ccc(F)cc2C2(CCNCC2)[C@H]1CC1CC1. The molecule has 3 nitrogen and oxygen atoms in total. The quantitative estimate of drug-likeness (QED) is 0.795. The maximum absolute atomic E-state index is 14.3. The van der Waals surface area contributed by atoms with Gasteiger partial charge in [0.05, 0.1) is 10.6 Å². The summed E-state index contributed by atoms with van der Waals surface area (Å²) in [7, 11) is 0. The molecule has 1 saturated carbocycles. The van der Waals surface area contributed by atoms with Gasteiger partial charge in [-0.05, 0) is 74.2 Å². The highest BCUT2D eigenvalue weighted by molar-refractivity contribution is 6.34. The fourth-order valence-electron chi connectivity index (χ4n) is 5.20. The van der Waals surface area contributed by atoms with E-state index < -0.39 is 0 Å². The number of fused-ring (bicyclic) bond motifs is 2. The van der Waals surface area contributed by atoms with Crippen molar-refractivity contribution in [1.29, 1.82) is 0 Å². The van der Waals surface area contributed by atoms with E-state index in [1.165, 1.54) is 18.9 Å². The molecular formula is C23H24ClFN2O. The Morgan fingerprint density at radius 2 is 1.93 bits per heavy atom. The summed E-state index contributed by atoms with van der Waals surface area (Å²) in [5.41, 5.74) is 2.20. The summed E-state index contributed by atoms with van der Waals surface area (Å²) < 4.78 is 14.3. The lowest BCUT2D eigenvalue weighted by Crippen LogP contribution is -2.52. The Morgan fingerprint density at radius 1 is 1.18 bits per heavy atom. The molecule has 1 saturated heterocycles. The highest BCUT2D eigenvalue weighted by Gasteiger charge is 2.54. The number of piperidine rings is 1. The predicted octanol–water partition coefficient (Wildman–Crippen LogP) is 4.93. The number of nitrogens with zero attached hydrogens (tertiary/aromatic N) is 1. The first-order valence-corrected chi connectivity index (χ1v) is 10.6. The summed E-state index contributed by atoms with van der Waals surface area (Å²) in [6.07, 6.45) is 5.28. The molecule has 1 atom stereocenters. The van der Waals surface area contributed by atoms with Crippen LogP contribution in [0.5, 0.6) is 0 Å². The summed E-state index contributed by atoms with van der Waals surface area (Å²) in [5.74, 6) is 0.367. The second-order valence-corrected chi connectivity index (χ2v) is 8.82. The molecule has 5 rings (SSSR count). The number of benzene rings is 2. The van der Waals surface area contributed by atoms with E-state index in [4.69, 9.17) is 11.6 Å². The molecule has 2 aliphatic heterocycles. The van der Waals surface area contributed by atoms with Gasteiger partial charge in [-0.25, -0.2) is 4.39 Å². The summed E-state index contributed by atoms with van der Waals surface area (Å²) in [6, 6.07) is 12.2. The molecule has 2 fully saturated rings. The number of carbonyl (C=O) groups is 1. The average Bonchev–Trinajstić information content (AvgIpc) is 3.49. The van der Waals surface area contributed by atoms with Crippen molar-refractivity contribution in [2.45, 2.75) is 43.6 Å². The fourth-order valence-corrected chi connectivity index (χ4v) is 5.42. The van der Waals surface area contributed by atoms with Crippen LogP contribution in [-0.2, 0) is 5.41 Å². The van der Waals surface area contributed by atoms with Gasteiger partial charge in [0.15, 0.2) is 0 Å². The first kappa shape index (κ1) is 18.1. The number of carbonyl (C=O) groups excluding carboxylic acids is 1. The Kier molecular flexibility index (Phi) is 4.44. The zero-order chi connectivity index (χ0) is 19.3. The standard InChI is InChI=1S/C23H24ClFN2O/c24-19-4-2-1-3-17(19)22(28)27-20-8-7-16(25)14-18(20)23(9-11-26-12-10-23)21(27)13-15-5-6-15/h1-4,7-8,14-15,21,26H,5-6,9-13H2/t21-/m1/s1.